The molecule has 3 rings (SSSR count). The van der Waals surface area contributed by atoms with Gasteiger partial charge < -0.3 is 15.0 Å². The van der Waals surface area contributed by atoms with Crippen molar-refractivity contribution in [3.05, 3.63) is 70.0 Å². The minimum atomic E-state index is -4.63. The molecule has 0 spiro atoms. The van der Waals surface area contributed by atoms with Gasteiger partial charge in [0.25, 0.3) is 5.91 Å². The maximum absolute atomic E-state index is 13.1. The molecule has 1 unspecified atom stereocenters. The summed E-state index contributed by atoms with van der Waals surface area (Å²) in [6.45, 7) is 4.79. The monoisotopic (exact) mass is 472 g/mol. The lowest BCUT2D eigenvalue weighted by atomic mass is 9.95. The van der Waals surface area contributed by atoms with Gasteiger partial charge in [-0.1, -0.05) is 30.7 Å². The van der Waals surface area contributed by atoms with Crippen LogP contribution in [0.5, 0.6) is 0 Å². The van der Waals surface area contributed by atoms with E-state index in [-0.39, 0.29) is 23.6 Å². The molecule has 174 valence electrons. The smallest absolute Gasteiger partial charge is 0.341 e. The molecular weight excluding hydrogens is 448 g/mol. The molecule has 9 heteroatoms. The number of alkyl halides is 3. The lowest BCUT2D eigenvalue weighted by Gasteiger charge is -2.24. The zero-order valence-corrected chi connectivity index (χ0v) is 18.5. The van der Waals surface area contributed by atoms with Gasteiger partial charge in [-0.2, -0.15) is 13.2 Å². The third-order valence-electron chi connectivity index (χ3n) is 5.02. The van der Waals surface area contributed by atoms with Crippen molar-refractivity contribution in [2.45, 2.75) is 25.4 Å². The normalized spacial score (nSPS) is 14.6. The van der Waals surface area contributed by atoms with E-state index in [9.17, 15) is 27.2 Å². The molecule has 1 heterocycles. The Morgan fingerprint density at radius 1 is 1.22 bits per heavy atom. The van der Waals surface area contributed by atoms with Gasteiger partial charge in [-0.05, 0) is 54.9 Å². The average molecular weight is 473 g/mol. The van der Waals surface area contributed by atoms with Crippen LogP contribution in [0.15, 0.2) is 42.5 Å². The number of halogens is 5. The maximum atomic E-state index is 13.1. The lowest BCUT2D eigenvalue weighted by Crippen LogP contribution is -2.39. The molecule has 1 aliphatic rings. The molecule has 0 bridgehead atoms. The zero-order valence-electron chi connectivity index (χ0n) is 17.8. The minimum absolute atomic E-state index is 0.0665. The van der Waals surface area contributed by atoms with Gasteiger partial charge >= 0.3 is 6.18 Å². The number of rotatable bonds is 6. The topological polar surface area (TPSA) is 49.4 Å². The molecule has 1 amide bonds. The van der Waals surface area contributed by atoms with E-state index >= 15 is 0 Å². The second kappa shape index (κ2) is 11.4. The standard InChI is InChI=1S/C19H16ClF4NO2.C4H9N/c1-25(11-13(6-7-26)12-2-4-17(21)5-3-12)18(27)14-8-15(19(22,23)24)10-16(20)9-14;1-4-2-5-3-4/h2-5,7-10,13H,6,11H2,1H3;4-5H,2-3H2,1H3. The molecule has 2 aromatic carbocycles. The number of aldehydes is 1. The van der Waals surface area contributed by atoms with Crippen LogP contribution < -0.4 is 5.32 Å². The molecule has 32 heavy (non-hydrogen) atoms. The van der Waals surface area contributed by atoms with Crippen molar-refractivity contribution < 1.29 is 27.2 Å². The van der Waals surface area contributed by atoms with E-state index in [0.717, 1.165) is 24.1 Å². The number of nitrogens with one attached hydrogen (secondary N) is 1. The van der Waals surface area contributed by atoms with Gasteiger partial charge in [0, 0.05) is 36.5 Å². The van der Waals surface area contributed by atoms with Crippen molar-refractivity contribution >= 4 is 23.8 Å². The molecule has 1 N–H and O–H groups in total. The fourth-order valence-electron chi connectivity index (χ4n) is 3.11. The third-order valence-corrected chi connectivity index (χ3v) is 5.24. The highest BCUT2D eigenvalue weighted by Crippen LogP contribution is 2.32. The average Bonchev–Trinajstić information content (AvgIpc) is 2.71. The van der Waals surface area contributed by atoms with Gasteiger partial charge in [0.05, 0.1) is 5.56 Å². The van der Waals surface area contributed by atoms with Gasteiger partial charge in [0.15, 0.2) is 0 Å². The van der Waals surface area contributed by atoms with Crippen molar-refractivity contribution in [2.75, 3.05) is 26.7 Å². The molecule has 2 aromatic rings. The Morgan fingerprint density at radius 3 is 2.28 bits per heavy atom. The highest BCUT2D eigenvalue weighted by Gasteiger charge is 2.32. The van der Waals surface area contributed by atoms with E-state index in [1.165, 1.54) is 49.3 Å². The van der Waals surface area contributed by atoms with Crippen molar-refractivity contribution in [2.24, 2.45) is 5.92 Å². The number of carbonyl (C=O) groups excluding carboxylic acids is 2. The van der Waals surface area contributed by atoms with Gasteiger partial charge in [-0.3, -0.25) is 4.79 Å². The maximum Gasteiger partial charge on any atom is 0.416 e. The van der Waals surface area contributed by atoms with Crippen LogP contribution >= 0.6 is 11.6 Å². The van der Waals surface area contributed by atoms with Crippen molar-refractivity contribution in [1.82, 2.24) is 10.2 Å². The summed E-state index contributed by atoms with van der Waals surface area (Å²) < 4.78 is 51.9. The number of likely N-dealkylation sites (N-methyl/N-ethyl adjacent to an activating group) is 1. The molecule has 1 fully saturated rings. The number of hydrogen-bond donors (Lipinski definition) is 1. The Hall–Kier alpha value is -2.45. The molecule has 1 aliphatic heterocycles. The second-order valence-corrected chi connectivity index (χ2v) is 8.26. The number of carbonyl (C=O) groups is 2. The SMILES string of the molecule is CC1CNC1.CN(CC(CC=O)c1ccc(F)cc1)C(=O)c1cc(Cl)cc(C(F)(F)F)c1. The van der Waals surface area contributed by atoms with Crippen molar-refractivity contribution in [3.8, 4) is 0 Å². The van der Waals surface area contributed by atoms with Crippen LogP contribution in [0.3, 0.4) is 0 Å². The summed E-state index contributed by atoms with van der Waals surface area (Å²) in [4.78, 5) is 24.7. The minimum Gasteiger partial charge on any atom is -0.341 e. The summed E-state index contributed by atoms with van der Waals surface area (Å²) in [5.41, 5.74) is -0.582. The quantitative estimate of drug-likeness (QED) is 0.466. The summed E-state index contributed by atoms with van der Waals surface area (Å²) in [5, 5.41) is 2.96. The first-order valence-electron chi connectivity index (χ1n) is 10.0. The molecule has 0 saturated carbocycles. The Labute approximate surface area is 189 Å². The van der Waals surface area contributed by atoms with E-state index in [1.54, 1.807) is 0 Å². The molecule has 0 aliphatic carbocycles. The third kappa shape index (κ3) is 7.60. The fraction of sp³-hybridized carbons (Fsp3) is 0.391. The largest absolute Gasteiger partial charge is 0.416 e. The number of hydrogen-bond acceptors (Lipinski definition) is 3. The van der Waals surface area contributed by atoms with Crippen LogP contribution in [-0.4, -0.2) is 43.8 Å². The first kappa shape index (κ1) is 25.8. The fourth-order valence-corrected chi connectivity index (χ4v) is 3.35. The molecular formula is C23H25ClF4N2O2. The van der Waals surface area contributed by atoms with E-state index in [0.29, 0.717) is 11.8 Å². The van der Waals surface area contributed by atoms with E-state index in [1.807, 2.05) is 0 Å². The first-order chi connectivity index (χ1) is 15.0. The van der Waals surface area contributed by atoms with Crippen LogP contribution in [-0.2, 0) is 11.0 Å². The number of nitrogens with zero attached hydrogens (tertiary/aromatic N) is 1. The molecule has 4 nitrogen and oxygen atoms in total. The van der Waals surface area contributed by atoms with Crippen LogP contribution in [0.4, 0.5) is 17.6 Å². The summed E-state index contributed by atoms with van der Waals surface area (Å²) in [5.74, 6) is -0.569. The van der Waals surface area contributed by atoms with E-state index in [2.05, 4.69) is 12.2 Å². The highest BCUT2D eigenvalue weighted by atomic mass is 35.5. The molecule has 1 atom stereocenters. The van der Waals surface area contributed by atoms with Crippen molar-refractivity contribution in [3.63, 3.8) is 0 Å². The van der Waals surface area contributed by atoms with Crippen LogP contribution in [0.25, 0.3) is 0 Å². The summed E-state index contributed by atoms with van der Waals surface area (Å²) in [6.07, 6.45) is -3.88. The van der Waals surface area contributed by atoms with Gasteiger partial charge in [-0.15, -0.1) is 0 Å². The van der Waals surface area contributed by atoms with Crippen LogP contribution in [0.1, 0.15) is 40.7 Å². The van der Waals surface area contributed by atoms with Gasteiger partial charge in [0.1, 0.15) is 12.1 Å². The summed E-state index contributed by atoms with van der Waals surface area (Å²) >= 11 is 5.72. The molecule has 0 aromatic heterocycles. The predicted molar refractivity (Wildman–Crippen MR) is 115 cm³/mol. The Morgan fingerprint density at radius 2 is 1.81 bits per heavy atom. The number of benzene rings is 2. The highest BCUT2D eigenvalue weighted by molar-refractivity contribution is 6.31. The predicted octanol–water partition coefficient (Wildman–Crippen LogP) is 5.17. The van der Waals surface area contributed by atoms with Gasteiger partial charge in [0.2, 0.25) is 0 Å². The summed E-state index contributed by atoms with van der Waals surface area (Å²) in [7, 11) is 1.41. The number of amides is 1. The Bertz CT molecular complexity index is 915. The Kier molecular flexibility index (Phi) is 9.21. The van der Waals surface area contributed by atoms with Crippen molar-refractivity contribution in [1.29, 1.82) is 0 Å². The second-order valence-electron chi connectivity index (χ2n) is 7.83. The summed E-state index contributed by atoms with van der Waals surface area (Å²) in [6, 6.07) is 8.11. The van der Waals surface area contributed by atoms with Crippen LogP contribution in [0.2, 0.25) is 5.02 Å². The zero-order chi connectivity index (χ0) is 23.9. The lowest BCUT2D eigenvalue weighted by molar-refractivity contribution is -0.137. The van der Waals surface area contributed by atoms with E-state index in [4.69, 9.17) is 11.6 Å². The van der Waals surface area contributed by atoms with Gasteiger partial charge in [-0.25, -0.2) is 4.39 Å². The van der Waals surface area contributed by atoms with E-state index < -0.39 is 29.4 Å². The first-order valence-corrected chi connectivity index (χ1v) is 10.4. The molecule has 1 saturated heterocycles. The Balaban J connectivity index is 0.000000636. The van der Waals surface area contributed by atoms with Crippen LogP contribution in [0, 0.1) is 11.7 Å². The molecule has 0 radical (unpaired) electrons.